The Hall–Kier alpha value is -3.68. The zero-order valence-corrected chi connectivity index (χ0v) is 14.5. The number of benzene rings is 2. The molecule has 1 N–H and O–H groups in total. The maximum absolute atomic E-state index is 14.1. The minimum Gasteiger partial charge on any atom is -0.280 e. The number of rotatable bonds is 3. The molecular formula is C20H14F2N6. The third kappa shape index (κ3) is 2.45. The summed E-state index contributed by atoms with van der Waals surface area (Å²) in [5.41, 5.74) is 2.70. The van der Waals surface area contributed by atoms with Crippen molar-refractivity contribution >= 4 is 6.08 Å². The van der Waals surface area contributed by atoms with Gasteiger partial charge in [0.25, 0.3) is 0 Å². The van der Waals surface area contributed by atoms with Gasteiger partial charge in [0, 0.05) is 23.1 Å². The highest BCUT2D eigenvalue weighted by Crippen LogP contribution is 2.42. The third-order valence-corrected chi connectivity index (χ3v) is 5.14. The number of hydrogen-bond donors (Lipinski definition) is 1. The fourth-order valence-electron chi connectivity index (χ4n) is 3.75. The molecule has 0 amide bonds. The van der Waals surface area contributed by atoms with Crippen molar-refractivity contribution in [2.75, 3.05) is 0 Å². The van der Waals surface area contributed by atoms with Gasteiger partial charge in [-0.05, 0) is 33.7 Å². The van der Waals surface area contributed by atoms with E-state index in [1.807, 2.05) is 42.5 Å². The second kappa shape index (κ2) is 6.19. The number of fused-ring (bicyclic) bond motifs is 1. The highest BCUT2D eigenvalue weighted by atomic mass is 19.2. The van der Waals surface area contributed by atoms with E-state index in [0.29, 0.717) is 17.8 Å². The van der Waals surface area contributed by atoms with E-state index >= 15 is 0 Å². The van der Waals surface area contributed by atoms with Crippen LogP contribution in [0.5, 0.6) is 0 Å². The quantitative estimate of drug-likeness (QED) is 0.596. The molecule has 1 aliphatic carbocycles. The van der Waals surface area contributed by atoms with Crippen LogP contribution in [0.25, 0.3) is 11.9 Å². The fraction of sp³-hybridized carbons (Fsp3) is 0.100. The molecule has 0 bridgehead atoms. The van der Waals surface area contributed by atoms with Crippen molar-refractivity contribution in [3.8, 4) is 5.82 Å². The summed E-state index contributed by atoms with van der Waals surface area (Å²) < 4.78 is 29.1. The van der Waals surface area contributed by atoms with Crippen LogP contribution in [-0.2, 0) is 11.8 Å². The molecule has 2 aromatic carbocycles. The smallest absolute Gasteiger partial charge is 0.185 e. The molecule has 138 valence electrons. The molecule has 0 saturated carbocycles. The number of hydrogen-bond acceptors (Lipinski definition) is 4. The summed E-state index contributed by atoms with van der Waals surface area (Å²) in [5.74, 6) is -1.15. The van der Waals surface area contributed by atoms with Crippen molar-refractivity contribution in [1.82, 2.24) is 30.4 Å². The summed E-state index contributed by atoms with van der Waals surface area (Å²) in [7, 11) is 0. The van der Waals surface area contributed by atoms with Gasteiger partial charge in [-0.25, -0.2) is 8.78 Å². The van der Waals surface area contributed by atoms with Gasteiger partial charge in [-0.3, -0.25) is 5.10 Å². The van der Waals surface area contributed by atoms with Crippen LogP contribution in [0.4, 0.5) is 8.78 Å². The van der Waals surface area contributed by atoms with Gasteiger partial charge in [-0.1, -0.05) is 48.6 Å². The number of aromatic nitrogens is 6. The summed E-state index contributed by atoms with van der Waals surface area (Å²) in [6.45, 7) is 0. The number of aromatic amines is 1. The largest absolute Gasteiger partial charge is 0.280 e. The first-order valence-electron chi connectivity index (χ1n) is 8.68. The lowest BCUT2D eigenvalue weighted by molar-refractivity contribution is 0.502. The zero-order valence-electron chi connectivity index (χ0n) is 14.5. The van der Waals surface area contributed by atoms with Gasteiger partial charge >= 0.3 is 0 Å². The molecule has 2 aromatic heterocycles. The Morgan fingerprint density at radius 2 is 1.86 bits per heavy atom. The maximum atomic E-state index is 14.1. The predicted molar refractivity (Wildman–Crippen MR) is 97.6 cm³/mol. The molecule has 6 nitrogen and oxygen atoms in total. The number of allylic oxidation sites excluding steroid dienone is 1. The van der Waals surface area contributed by atoms with E-state index in [0.717, 1.165) is 22.9 Å². The minimum absolute atomic E-state index is 0.503. The van der Waals surface area contributed by atoms with Crippen LogP contribution in [0, 0.1) is 11.6 Å². The maximum Gasteiger partial charge on any atom is 0.185 e. The summed E-state index contributed by atoms with van der Waals surface area (Å²) in [6, 6.07) is 13.8. The Kier molecular flexibility index (Phi) is 3.65. The Morgan fingerprint density at radius 1 is 1.00 bits per heavy atom. The summed E-state index contributed by atoms with van der Waals surface area (Å²) >= 11 is 0. The average Bonchev–Trinajstić information content (AvgIpc) is 3.39. The van der Waals surface area contributed by atoms with Gasteiger partial charge in [0.1, 0.15) is 6.33 Å². The highest BCUT2D eigenvalue weighted by Gasteiger charge is 2.37. The lowest BCUT2D eigenvalue weighted by Crippen LogP contribution is -2.30. The van der Waals surface area contributed by atoms with Crippen LogP contribution >= 0.6 is 0 Å². The minimum atomic E-state index is -0.869. The Balaban J connectivity index is 1.68. The first-order valence-corrected chi connectivity index (χ1v) is 8.68. The van der Waals surface area contributed by atoms with E-state index in [2.05, 4.69) is 25.7 Å². The summed E-state index contributed by atoms with van der Waals surface area (Å²) in [6.07, 6.45) is 5.90. The van der Waals surface area contributed by atoms with E-state index in [1.165, 1.54) is 17.1 Å². The molecule has 8 heteroatoms. The average molecular weight is 376 g/mol. The summed E-state index contributed by atoms with van der Waals surface area (Å²) in [5, 5.41) is 18.6. The Bertz CT molecular complexity index is 1170. The monoisotopic (exact) mass is 376 g/mol. The van der Waals surface area contributed by atoms with E-state index in [-0.39, 0.29) is 0 Å². The van der Waals surface area contributed by atoms with Crippen molar-refractivity contribution in [1.29, 1.82) is 0 Å². The highest BCUT2D eigenvalue weighted by molar-refractivity contribution is 5.67. The van der Waals surface area contributed by atoms with Crippen molar-refractivity contribution in [2.45, 2.75) is 11.8 Å². The zero-order chi connectivity index (χ0) is 19.1. The standard InChI is InChI=1S/C20H14F2N6/c21-16-7-6-14(10-17(16)22)20(13-4-2-1-3-5-13)9-8-15-18(11-20)24-25-19(15)28-12-23-26-27-28/h1-10,12H,11H2,(H,24,25). The van der Waals surface area contributed by atoms with Crippen molar-refractivity contribution < 1.29 is 8.78 Å². The SMILES string of the molecule is Fc1ccc(C2(c3ccccc3)C=Cc3c(-n4cnnn4)n[nH]c3C2)cc1F. The predicted octanol–water partition coefficient (Wildman–Crippen LogP) is 3.22. The third-order valence-electron chi connectivity index (χ3n) is 5.14. The molecule has 1 unspecified atom stereocenters. The van der Waals surface area contributed by atoms with E-state index in [1.54, 1.807) is 6.07 Å². The van der Waals surface area contributed by atoms with E-state index < -0.39 is 17.0 Å². The fourth-order valence-corrected chi connectivity index (χ4v) is 3.75. The lowest BCUT2D eigenvalue weighted by atomic mass is 9.68. The van der Waals surface area contributed by atoms with Crippen molar-refractivity contribution in [3.05, 3.63) is 95.0 Å². The number of nitrogens with one attached hydrogen (secondary N) is 1. The second-order valence-corrected chi connectivity index (χ2v) is 6.67. The Labute approximate surface area is 158 Å². The molecular weight excluding hydrogens is 362 g/mol. The van der Waals surface area contributed by atoms with Crippen LogP contribution in [0.3, 0.4) is 0 Å². The molecule has 4 aromatic rings. The van der Waals surface area contributed by atoms with E-state index in [4.69, 9.17) is 0 Å². The Morgan fingerprint density at radius 3 is 2.61 bits per heavy atom. The topological polar surface area (TPSA) is 72.3 Å². The number of H-pyrrole nitrogens is 1. The summed E-state index contributed by atoms with van der Waals surface area (Å²) in [4.78, 5) is 0. The van der Waals surface area contributed by atoms with Gasteiger partial charge in [0.05, 0.1) is 0 Å². The van der Waals surface area contributed by atoms with Crippen molar-refractivity contribution in [3.63, 3.8) is 0 Å². The van der Waals surface area contributed by atoms with Crippen LogP contribution in [0.1, 0.15) is 22.4 Å². The normalized spacial score (nSPS) is 18.2. The van der Waals surface area contributed by atoms with Crippen LogP contribution in [-0.4, -0.2) is 30.4 Å². The van der Waals surface area contributed by atoms with Crippen LogP contribution < -0.4 is 0 Å². The molecule has 1 atom stereocenters. The molecule has 2 heterocycles. The molecule has 5 rings (SSSR count). The van der Waals surface area contributed by atoms with Gasteiger partial charge < -0.3 is 0 Å². The van der Waals surface area contributed by atoms with Crippen LogP contribution in [0.2, 0.25) is 0 Å². The molecule has 0 saturated heterocycles. The van der Waals surface area contributed by atoms with Gasteiger partial charge in [0.2, 0.25) is 0 Å². The molecule has 0 aliphatic heterocycles. The van der Waals surface area contributed by atoms with Crippen LogP contribution in [0.15, 0.2) is 60.9 Å². The second-order valence-electron chi connectivity index (χ2n) is 6.67. The molecule has 0 radical (unpaired) electrons. The molecule has 0 spiro atoms. The first-order chi connectivity index (χ1) is 13.7. The van der Waals surface area contributed by atoms with Gasteiger partial charge in [-0.15, -0.1) is 5.10 Å². The van der Waals surface area contributed by atoms with Gasteiger partial charge in [-0.2, -0.15) is 9.78 Å². The molecule has 28 heavy (non-hydrogen) atoms. The number of tetrazole rings is 1. The molecule has 0 fully saturated rings. The van der Waals surface area contributed by atoms with Crippen molar-refractivity contribution in [2.24, 2.45) is 0 Å². The first kappa shape index (κ1) is 16.5. The van der Waals surface area contributed by atoms with Gasteiger partial charge in [0.15, 0.2) is 17.5 Å². The number of nitrogens with zero attached hydrogens (tertiary/aromatic N) is 5. The molecule has 1 aliphatic rings. The number of halogens is 2. The lowest BCUT2D eigenvalue weighted by Gasteiger charge is -2.34. The van der Waals surface area contributed by atoms with E-state index in [9.17, 15) is 8.78 Å².